The molecule has 98 valence electrons. The topological polar surface area (TPSA) is 15.3 Å². The zero-order valence-electron chi connectivity index (χ0n) is 10.9. The van der Waals surface area contributed by atoms with Crippen molar-refractivity contribution in [2.24, 2.45) is 5.92 Å². The monoisotopic (exact) mass is 308 g/mol. The van der Waals surface area contributed by atoms with Crippen LogP contribution in [0.15, 0.2) is 28.7 Å². The van der Waals surface area contributed by atoms with Crippen molar-refractivity contribution in [1.82, 2.24) is 10.2 Å². The smallest absolute Gasteiger partial charge is 0.0321 e. The van der Waals surface area contributed by atoms with Gasteiger partial charge in [0.25, 0.3) is 0 Å². The van der Waals surface area contributed by atoms with Gasteiger partial charge in [-0.1, -0.05) is 28.1 Å². The molecule has 0 aromatic heterocycles. The van der Waals surface area contributed by atoms with Crippen LogP contribution < -0.4 is 5.32 Å². The first-order chi connectivity index (χ1) is 8.74. The lowest BCUT2D eigenvalue weighted by Crippen LogP contribution is -2.40. The second kappa shape index (κ2) is 5.32. The Kier molecular flexibility index (Phi) is 3.73. The lowest BCUT2D eigenvalue weighted by Gasteiger charge is -2.25. The summed E-state index contributed by atoms with van der Waals surface area (Å²) in [5.41, 5.74) is 1.42. The minimum absolute atomic E-state index is 0.523. The summed E-state index contributed by atoms with van der Waals surface area (Å²) in [6.07, 6.45) is 2.75. The first-order valence-corrected chi connectivity index (χ1v) is 7.76. The molecule has 2 fully saturated rings. The maximum Gasteiger partial charge on any atom is 0.0321 e. The Labute approximate surface area is 118 Å². The van der Waals surface area contributed by atoms with Crippen LogP contribution >= 0.6 is 15.9 Å². The summed E-state index contributed by atoms with van der Waals surface area (Å²) >= 11 is 3.57. The Morgan fingerprint density at radius 1 is 1.39 bits per heavy atom. The number of benzene rings is 1. The molecule has 0 radical (unpaired) electrons. The van der Waals surface area contributed by atoms with E-state index in [0.29, 0.717) is 6.04 Å². The van der Waals surface area contributed by atoms with Gasteiger partial charge >= 0.3 is 0 Å². The number of likely N-dealkylation sites (tertiary alicyclic amines) is 1. The van der Waals surface area contributed by atoms with Gasteiger partial charge in [0.15, 0.2) is 0 Å². The van der Waals surface area contributed by atoms with Gasteiger partial charge in [-0.2, -0.15) is 0 Å². The van der Waals surface area contributed by atoms with Crippen molar-refractivity contribution in [2.45, 2.75) is 31.8 Å². The van der Waals surface area contributed by atoms with E-state index >= 15 is 0 Å². The normalized spacial score (nSPS) is 30.1. The van der Waals surface area contributed by atoms with E-state index in [4.69, 9.17) is 0 Å². The van der Waals surface area contributed by atoms with Crippen LogP contribution in [0.3, 0.4) is 0 Å². The van der Waals surface area contributed by atoms with Gasteiger partial charge < -0.3 is 5.32 Å². The standard InChI is InChI=1S/C15H21BrN2/c1-11(12-4-2-6-14(16)8-12)18-9-13-5-3-7-17-15(13)10-18/h2,4,6,8,11,13,15,17H,3,5,7,9-10H2,1H3. The summed E-state index contributed by atoms with van der Waals surface area (Å²) in [6.45, 7) is 6.00. The fourth-order valence-electron chi connectivity index (χ4n) is 3.37. The van der Waals surface area contributed by atoms with Crippen LogP contribution in [-0.2, 0) is 0 Å². The molecule has 1 aromatic rings. The Morgan fingerprint density at radius 2 is 2.28 bits per heavy atom. The van der Waals surface area contributed by atoms with Crippen molar-refractivity contribution in [3.63, 3.8) is 0 Å². The third-order valence-corrected chi connectivity index (χ3v) is 5.00. The van der Waals surface area contributed by atoms with E-state index in [-0.39, 0.29) is 0 Å². The van der Waals surface area contributed by atoms with Crippen LogP contribution in [-0.4, -0.2) is 30.6 Å². The number of hydrogen-bond donors (Lipinski definition) is 1. The maximum atomic E-state index is 3.68. The SMILES string of the molecule is CC(c1cccc(Br)c1)N1CC2CCCNC2C1. The summed E-state index contributed by atoms with van der Waals surface area (Å²) in [7, 11) is 0. The Morgan fingerprint density at radius 3 is 3.06 bits per heavy atom. The molecular weight excluding hydrogens is 288 g/mol. The van der Waals surface area contributed by atoms with Crippen molar-refractivity contribution >= 4 is 15.9 Å². The van der Waals surface area contributed by atoms with Crippen LogP contribution in [0.4, 0.5) is 0 Å². The van der Waals surface area contributed by atoms with Crippen molar-refractivity contribution in [3.05, 3.63) is 34.3 Å². The summed E-state index contributed by atoms with van der Waals surface area (Å²) in [4.78, 5) is 2.63. The largest absolute Gasteiger partial charge is 0.312 e. The number of nitrogens with zero attached hydrogens (tertiary/aromatic N) is 1. The van der Waals surface area contributed by atoms with Crippen LogP contribution in [0.2, 0.25) is 0 Å². The van der Waals surface area contributed by atoms with Crippen LogP contribution in [0, 0.1) is 5.92 Å². The first kappa shape index (κ1) is 12.6. The van der Waals surface area contributed by atoms with Crippen molar-refractivity contribution in [2.75, 3.05) is 19.6 Å². The van der Waals surface area contributed by atoms with E-state index < -0.39 is 0 Å². The van der Waals surface area contributed by atoms with E-state index in [2.05, 4.69) is 57.3 Å². The highest BCUT2D eigenvalue weighted by atomic mass is 79.9. The molecule has 18 heavy (non-hydrogen) atoms. The van der Waals surface area contributed by atoms with Gasteiger partial charge in [-0.05, 0) is 49.9 Å². The minimum Gasteiger partial charge on any atom is -0.312 e. The fraction of sp³-hybridized carbons (Fsp3) is 0.600. The Hall–Kier alpha value is -0.380. The second-order valence-electron chi connectivity index (χ2n) is 5.65. The number of nitrogens with one attached hydrogen (secondary N) is 1. The molecular formula is C15H21BrN2. The molecule has 0 spiro atoms. The van der Waals surface area contributed by atoms with E-state index in [9.17, 15) is 0 Å². The van der Waals surface area contributed by atoms with E-state index in [1.54, 1.807) is 0 Å². The second-order valence-corrected chi connectivity index (χ2v) is 6.56. The zero-order chi connectivity index (χ0) is 12.5. The molecule has 2 nitrogen and oxygen atoms in total. The number of halogens is 1. The van der Waals surface area contributed by atoms with E-state index in [1.165, 1.54) is 42.5 Å². The minimum atomic E-state index is 0.523. The van der Waals surface area contributed by atoms with Crippen LogP contribution in [0.25, 0.3) is 0 Å². The van der Waals surface area contributed by atoms with Crippen molar-refractivity contribution < 1.29 is 0 Å². The summed E-state index contributed by atoms with van der Waals surface area (Å²) < 4.78 is 1.18. The molecule has 3 atom stereocenters. The molecule has 0 bridgehead atoms. The third kappa shape index (κ3) is 2.49. The molecule has 2 aliphatic heterocycles. The summed E-state index contributed by atoms with van der Waals surface area (Å²) in [5, 5.41) is 3.68. The quantitative estimate of drug-likeness (QED) is 0.902. The molecule has 2 aliphatic rings. The van der Waals surface area contributed by atoms with Crippen molar-refractivity contribution in [1.29, 1.82) is 0 Å². The predicted octanol–water partition coefficient (Wildman–Crippen LogP) is 3.19. The zero-order valence-corrected chi connectivity index (χ0v) is 12.5. The Balaban J connectivity index is 1.72. The lowest BCUT2D eigenvalue weighted by atomic mass is 9.94. The highest BCUT2D eigenvalue weighted by Gasteiger charge is 2.36. The number of piperidine rings is 1. The predicted molar refractivity (Wildman–Crippen MR) is 78.6 cm³/mol. The van der Waals surface area contributed by atoms with Crippen molar-refractivity contribution in [3.8, 4) is 0 Å². The molecule has 3 unspecified atom stereocenters. The van der Waals surface area contributed by atoms with E-state index in [1.807, 2.05) is 0 Å². The number of fused-ring (bicyclic) bond motifs is 1. The first-order valence-electron chi connectivity index (χ1n) is 6.97. The van der Waals surface area contributed by atoms with Gasteiger partial charge in [-0.15, -0.1) is 0 Å². The molecule has 0 saturated carbocycles. The van der Waals surface area contributed by atoms with E-state index in [0.717, 1.165) is 12.0 Å². The van der Waals surface area contributed by atoms with Gasteiger partial charge in [0.1, 0.15) is 0 Å². The number of rotatable bonds is 2. The average Bonchev–Trinajstić information content (AvgIpc) is 2.81. The molecule has 3 heteroatoms. The van der Waals surface area contributed by atoms with Crippen LogP contribution in [0.5, 0.6) is 0 Å². The molecule has 2 heterocycles. The lowest BCUT2D eigenvalue weighted by molar-refractivity contribution is 0.251. The third-order valence-electron chi connectivity index (χ3n) is 4.51. The van der Waals surface area contributed by atoms with Gasteiger partial charge in [0.05, 0.1) is 0 Å². The summed E-state index contributed by atoms with van der Waals surface area (Å²) in [5.74, 6) is 0.869. The van der Waals surface area contributed by atoms with Gasteiger partial charge in [0, 0.05) is 29.6 Å². The Bertz CT molecular complexity index is 407. The molecule has 0 aliphatic carbocycles. The molecule has 0 amide bonds. The van der Waals surface area contributed by atoms with Gasteiger partial charge in [0.2, 0.25) is 0 Å². The summed E-state index contributed by atoms with van der Waals surface area (Å²) in [6, 6.07) is 9.98. The molecule has 2 saturated heterocycles. The van der Waals surface area contributed by atoms with Gasteiger partial charge in [-0.3, -0.25) is 4.90 Å². The highest BCUT2D eigenvalue weighted by molar-refractivity contribution is 9.10. The molecule has 1 aromatic carbocycles. The maximum absolute atomic E-state index is 3.68. The van der Waals surface area contributed by atoms with Crippen LogP contribution in [0.1, 0.15) is 31.4 Å². The highest BCUT2D eigenvalue weighted by Crippen LogP contribution is 2.32. The molecule has 3 rings (SSSR count). The number of hydrogen-bond acceptors (Lipinski definition) is 2. The fourth-order valence-corrected chi connectivity index (χ4v) is 3.79. The molecule has 1 N–H and O–H groups in total. The van der Waals surface area contributed by atoms with Gasteiger partial charge in [-0.25, -0.2) is 0 Å². The average molecular weight is 309 g/mol.